The molecule has 7 nitrogen and oxygen atoms in total. The first-order valence-corrected chi connectivity index (χ1v) is 11.0. The summed E-state index contributed by atoms with van der Waals surface area (Å²) in [6.45, 7) is 2.14. The summed E-state index contributed by atoms with van der Waals surface area (Å²) in [5.74, 6) is 2.22. The van der Waals surface area contributed by atoms with Gasteiger partial charge in [0, 0.05) is 23.2 Å². The van der Waals surface area contributed by atoms with Crippen molar-refractivity contribution in [3.05, 3.63) is 41.2 Å². The number of aromatic nitrogens is 4. The number of ether oxygens (including phenoxy) is 1. The highest BCUT2D eigenvalue weighted by atomic mass is 16.5. The molecule has 1 aliphatic carbocycles. The third kappa shape index (κ3) is 2.98. The maximum atomic E-state index is 9.78. The number of methoxy groups -OCH3 is 1. The number of imidazole rings is 1. The maximum Gasteiger partial charge on any atom is 0.226 e. The van der Waals surface area contributed by atoms with Crippen molar-refractivity contribution in [2.45, 2.75) is 37.5 Å². The molecule has 7 heteroatoms. The number of fused-ring (bicyclic) bond motifs is 2. The second-order valence-electron chi connectivity index (χ2n) is 8.62. The highest BCUT2D eigenvalue weighted by Gasteiger charge is 2.31. The number of rotatable bonds is 4. The SMILES string of the molecule is COc1ncc2c(C#N)c(C3CC3)[nH]c2c1-c1nc2ccc(C3CCNCC3)cc2[nH]1. The van der Waals surface area contributed by atoms with Gasteiger partial charge in [0.1, 0.15) is 17.5 Å². The van der Waals surface area contributed by atoms with Gasteiger partial charge in [-0.05, 0) is 62.4 Å². The van der Waals surface area contributed by atoms with Crippen LogP contribution in [0.15, 0.2) is 24.4 Å². The normalized spacial score (nSPS) is 17.3. The van der Waals surface area contributed by atoms with Crippen LogP contribution in [-0.2, 0) is 0 Å². The molecule has 0 spiro atoms. The molecule has 4 aromatic rings. The van der Waals surface area contributed by atoms with E-state index in [-0.39, 0.29) is 0 Å². The van der Waals surface area contributed by atoms with E-state index in [2.05, 4.69) is 44.5 Å². The summed E-state index contributed by atoms with van der Waals surface area (Å²) in [4.78, 5) is 16.4. The highest BCUT2D eigenvalue weighted by Crippen LogP contribution is 2.45. The summed E-state index contributed by atoms with van der Waals surface area (Å²) in [6, 6.07) is 8.90. The van der Waals surface area contributed by atoms with Gasteiger partial charge in [0.2, 0.25) is 5.88 Å². The Hall–Kier alpha value is -3.37. The zero-order valence-electron chi connectivity index (χ0n) is 17.5. The predicted molar refractivity (Wildman–Crippen MR) is 119 cm³/mol. The van der Waals surface area contributed by atoms with Crippen molar-refractivity contribution in [2.75, 3.05) is 20.2 Å². The van der Waals surface area contributed by atoms with Crippen LogP contribution in [0.25, 0.3) is 33.3 Å². The van der Waals surface area contributed by atoms with Gasteiger partial charge in [-0.25, -0.2) is 9.97 Å². The quantitative estimate of drug-likeness (QED) is 0.463. The lowest BCUT2D eigenvalue weighted by molar-refractivity contribution is 0.400. The molecule has 31 heavy (non-hydrogen) atoms. The van der Waals surface area contributed by atoms with Crippen molar-refractivity contribution in [1.29, 1.82) is 5.26 Å². The molecule has 0 bridgehead atoms. The standard InChI is InChI=1S/C24H24N6O/c1-31-24-20(22-17(12-27-24)16(11-25)21(30-22)14-2-3-14)23-28-18-5-4-15(10-19(18)29-23)13-6-8-26-9-7-13/h4-5,10,12-14,26,30H,2-3,6-9H2,1H3,(H,28,29). The number of hydrogen-bond acceptors (Lipinski definition) is 5. The van der Waals surface area contributed by atoms with Crippen molar-refractivity contribution in [3.63, 3.8) is 0 Å². The van der Waals surface area contributed by atoms with E-state index in [9.17, 15) is 5.26 Å². The second kappa shape index (κ2) is 7.10. The Labute approximate surface area is 179 Å². The van der Waals surface area contributed by atoms with Crippen molar-refractivity contribution >= 4 is 21.9 Å². The van der Waals surface area contributed by atoms with Gasteiger partial charge in [0.25, 0.3) is 0 Å². The van der Waals surface area contributed by atoms with Gasteiger partial charge in [0.15, 0.2) is 0 Å². The Morgan fingerprint density at radius 1 is 1.10 bits per heavy atom. The Morgan fingerprint density at radius 3 is 2.68 bits per heavy atom. The van der Waals surface area contributed by atoms with E-state index in [0.717, 1.165) is 72.0 Å². The van der Waals surface area contributed by atoms with Crippen LogP contribution < -0.4 is 10.1 Å². The van der Waals surface area contributed by atoms with E-state index in [0.29, 0.717) is 29.1 Å². The molecule has 4 heterocycles. The molecule has 0 atom stereocenters. The summed E-state index contributed by atoms with van der Waals surface area (Å²) < 4.78 is 5.60. The van der Waals surface area contributed by atoms with E-state index >= 15 is 0 Å². The van der Waals surface area contributed by atoms with Crippen molar-refractivity contribution < 1.29 is 4.74 Å². The fourth-order valence-corrected chi connectivity index (χ4v) is 4.88. The summed E-state index contributed by atoms with van der Waals surface area (Å²) >= 11 is 0. The van der Waals surface area contributed by atoms with E-state index in [1.807, 2.05) is 0 Å². The monoisotopic (exact) mass is 412 g/mol. The van der Waals surface area contributed by atoms with Gasteiger partial charge >= 0.3 is 0 Å². The van der Waals surface area contributed by atoms with Crippen molar-refractivity contribution in [3.8, 4) is 23.3 Å². The lowest BCUT2D eigenvalue weighted by Gasteiger charge is -2.22. The third-order valence-corrected chi connectivity index (χ3v) is 6.69. The van der Waals surface area contributed by atoms with Crippen molar-refractivity contribution in [2.24, 2.45) is 0 Å². The minimum atomic E-state index is 0.434. The first-order valence-electron chi connectivity index (χ1n) is 11.0. The zero-order chi connectivity index (χ0) is 20.9. The zero-order valence-corrected chi connectivity index (χ0v) is 17.5. The molecular weight excluding hydrogens is 388 g/mol. The lowest BCUT2D eigenvalue weighted by atomic mass is 9.90. The van der Waals surface area contributed by atoms with Crippen LogP contribution in [-0.4, -0.2) is 40.1 Å². The first-order chi connectivity index (χ1) is 15.3. The minimum absolute atomic E-state index is 0.434. The van der Waals surface area contributed by atoms with Crippen LogP contribution in [0.4, 0.5) is 0 Å². The molecule has 1 saturated heterocycles. The number of aromatic amines is 2. The van der Waals surface area contributed by atoms with Gasteiger partial charge in [-0.2, -0.15) is 5.26 Å². The molecule has 3 N–H and O–H groups in total. The summed E-state index contributed by atoms with van der Waals surface area (Å²) in [7, 11) is 1.62. The van der Waals surface area contributed by atoms with E-state index < -0.39 is 0 Å². The molecular formula is C24H24N6O. The van der Waals surface area contributed by atoms with Crippen LogP contribution in [0.2, 0.25) is 0 Å². The van der Waals surface area contributed by atoms with E-state index in [1.165, 1.54) is 5.56 Å². The molecule has 1 saturated carbocycles. The van der Waals surface area contributed by atoms with Gasteiger partial charge in [-0.15, -0.1) is 0 Å². The van der Waals surface area contributed by atoms with Crippen LogP contribution in [0, 0.1) is 11.3 Å². The topological polar surface area (TPSA) is 102 Å². The number of benzene rings is 1. The van der Waals surface area contributed by atoms with Crippen LogP contribution in [0.5, 0.6) is 5.88 Å². The van der Waals surface area contributed by atoms with Gasteiger partial charge in [-0.1, -0.05) is 6.07 Å². The molecule has 1 aromatic carbocycles. The molecule has 156 valence electrons. The fourth-order valence-electron chi connectivity index (χ4n) is 4.88. The molecule has 0 radical (unpaired) electrons. The van der Waals surface area contributed by atoms with E-state index in [1.54, 1.807) is 13.3 Å². The van der Waals surface area contributed by atoms with Crippen LogP contribution in [0.1, 0.15) is 54.3 Å². The summed E-state index contributed by atoms with van der Waals surface area (Å²) in [5, 5.41) is 14.0. The molecule has 2 fully saturated rings. The van der Waals surface area contributed by atoms with Gasteiger partial charge in [-0.3, -0.25) is 0 Å². The Kier molecular flexibility index (Phi) is 4.22. The van der Waals surface area contributed by atoms with Crippen molar-refractivity contribution in [1.82, 2.24) is 25.3 Å². The number of nitrogens with one attached hydrogen (secondary N) is 3. The van der Waals surface area contributed by atoms with E-state index in [4.69, 9.17) is 9.72 Å². The largest absolute Gasteiger partial charge is 0.480 e. The fraction of sp³-hybridized carbons (Fsp3) is 0.375. The summed E-state index contributed by atoms with van der Waals surface area (Å²) in [6.07, 6.45) is 6.29. The Balaban J connectivity index is 1.51. The van der Waals surface area contributed by atoms with Gasteiger partial charge < -0.3 is 20.0 Å². The maximum absolute atomic E-state index is 9.78. The number of H-pyrrole nitrogens is 2. The number of piperidine rings is 1. The predicted octanol–water partition coefficient (Wildman–Crippen LogP) is 4.33. The molecule has 2 aliphatic rings. The molecule has 1 aliphatic heterocycles. The lowest BCUT2D eigenvalue weighted by Crippen LogP contribution is -2.26. The van der Waals surface area contributed by atoms with Crippen LogP contribution in [0.3, 0.4) is 0 Å². The number of hydrogen-bond donors (Lipinski definition) is 3. The first kappa shape index (κ1) is 18.4. The smallest absolute Gasteiger partial charge is 0.226 e. The number of nitrogens with zero attached hydrogens (tertiary/aromatic N) is 3. The average molecular weight is 412 g/mol. The molecule has 3 aromatic heterocycles. The Morgan fingerprint density at radius 2 is 1.94 bits per heavy atom. The highest BCUT2D eigenvalue weighted by molar-refractivity contribution is 5.99. The second-order valence-corrected chi connectivity index (χ2v) is 8.62. The third-order valence-electron chi connectivity index (χ3n) is 6.69. The van der Waals surface area contributed by atoms with Gasteiger partial charge in [0.05, 0.1) is 29.2 Å². The van der Waals surface area contributed by atoms with Crippen LogP contribution >= 0.6 is 0 Å². The number of nitriles is 1. The molecule has 6 rings (SSSR count). The molecule has 0 amide bonds. The average Bonchev–Trinajstić information content (AvgIpc) is 3.46. The molecule has 0 unspecified atom stereocenters. The number of pyridine rings is 1. The Bertz CT molecular complexity index is 1330. The minimum Gasteiger partial charge on any atom is -0.480 e. The summed E-state index contributed by atoms with van der Waals surface area (Å²) in [5.41, 5.74) is 6.64.